The van der Waals surface area contributed by atoms with Gasteiger partial charge in [0.15, 0.2) is 17.0 Å². The van der Waals surface area contributed by atoms with Crippen LogP contribution in [0.15, 0.2) is 64.2 Å². The molecule has 6 N–H and O–H groups in total. The average Bonchev–Trinajstić information content (AvgIpc) is 3.76. The van der Waals surface area contributed by atoms with Gasteiger partial charge in [-0.05, 0) is 89.3 Å². The molecule has 0 amide bonds. The summed E-state index contributed by atoms with van der Waals surface area (Å²) in [6.07, 6.45) is 6.03. The molecule has 214 valence electrons. The van der Waals surface area contributed by atoms with Crippen molar-refractivity contribution in [1.82, 2.24) is 19.5 Å². The number of nitrogens with zero attached hydrogens (tertiary/aromatic N) is 4. The van der Waals surface area contributed by atoms with Crippen molar-refractivity contribution in [2.75, 3.05) is 10.6 Å². The summed E-state index contributed by atoms with van der Waals surface area (Å²) in [5, 5.41) is 31.8. The average molecular weight is 590 g/mol. The third-order valence-corrected chi connectivity index (χ3v) is 8.58. The third kappa shape index (κ3) is 7.52. The first-order valence-corrected chi connectivity index (χ1v) is 15.8. The number of hydrogen-bond donors (Lipinski definition) is 5. The maximum atomic E-state index is 8.47. The number of rotatable bonds is 8. The largest absolute Gasteiger partial charge is 0.489 e. The van der Waals surface area contributed by atoms with Crippen molar-refractivity contribution < 1.29 is 10.0 Å². The SMILES string of the molecule is CC(C)n1cnc2c(NCc3ccc(-c4ccsc4)cc3)nc(NC3CCC(N)CC3)nc21.OB(O)c1ccsc1. The second-order valence-corrected chi connectivity index (χ2v) is 12.1. The zero-order valence-corrected chi connectivity index (χ0v) is 24.9. The van der Waals surface area contributed by atoms with Crippen LogP contribution in [0.3, 0.4) is 0 Å². The number of aromatic nitrogens is 4. The highest BCUT2D eigenvalue weighted by atomic mass is 32.1. The lowest BCUT2D eigenvalue weighted by molar-refractivity contribution is 0.410. The molecular weight excluding hydrogens is 553 g/mol. The quantitative estimate of drug-likeness (QED) is 0.162. The maximum Gasteiger partial charge on any atom is 0.489 e. The summed E-state index contributed by atoms with van der Waals surface area (Å²) in [5.41, 5.74) is 12.0. The van der Waals surface area contributed by atoms with E-state index < -0.39 is 7.12 Å². The summed E-state index contributed by atoms with van der Waals surface area (Å²) in [6.45, 7) is 4.95. The normalized spacial score (nSPS) is 16.8. The first-order valence-electron chi connectivity index (χ1n) is 13.9. The summed E-state index contributed by atoms with van der Waals surface area (Å²) in [5.74, 6) is 1.41. The Hall–Kier alpha value is -3.29. The van der Waals surface area contributed by atoms with E-state index in [2.05, 4.69) is 75.1 Å². The predicted molar refractivity (Wildman–Crippen MR) is 171 cm³/mol. The molecule has 12 heteroatoms. The molecule has 9 nitrogen and oxygen atoms in total. The van der Waals surface area contributed by atoms with Crippen molar-refractivity contribution >= 4 is 58.2 Å². The van der Waals surface area contributed by atoms with E-state index in [-0.39, 0.29) is 6.04 Å². The monoisotopic (exact) mass is 589 g/mol. The molecule has 1 fully saturated rings. The molecule has 0 bridgehead atoms. The van der Waals surface area contributed by atoms with Gasteiger partial charge in [-0.3, -0.25) is 0 Å². The van der Waals surface area contributed by atoms with Gasteiger partial charge in [-0.1, -0.05) is 30.3 Å². The van der Waals surface area contributed by atoms with Crippen LogP contribution in [0.25, 0.3) is 22.3 Å². The minimum Gasteiger partial charge on any atom is -0.423 e. The predicted octanol–water partition coefficient (Wildman–Crippen LogP) is 4.86. The Bertz CT molecular complexity index is 1500. The van der Waals surface area contributed by atoms with Crippen LogP contribution < -0.4 is 21.8 Å². The molecule has 41 heavy (non-hydrogen) atoms. The third-order valence-electron chi connectivity index (χ3n) is 7.19. The van der Waals surface area contributed by atoms with Crippen molar-refractivity contribution in [1.29, 1.82) is 0 Å². The van der Waals surface area contributed by atoms with Gasteiger partial charge in [-0.2, -0.15) is 32.6 Å². The minimum atomic E-state index is -1.30. The van der Waals surface area contributed by atoms with Gasteiger partial charge >= 0.3 is 7.12 Å². The van der Waals surface area contributed by atoms with Crippen molar-refractivity contribution in [2.45, 2.75) is 64.2 Å². The lowest BCUT2D eigenvalue weighted by Crippen LogP contribution is -2.33. The fourth-order valence-electron chi connectivity index (χ4n) is 4.78. The lowest BCUT2D eigenvalue weighted by Gasteiger charge is -2.27. The van der Waals surface area contributed by atoms with Gasteiger partial charge in [0, 0.05) is 24.7 Å². The molecule has 0 unspecified atom stereocenters. The highest BCUT2D eigenvalue weighted by Crippen LogP contribution is 2.27. The van der Waals surface area contributed by atoms with Crippen LogP contribution >= 0.6 is 22.7 Å². The Kier molecular flexibility index (Phi) is 9.68. The molecule has 6 rings (SSSR count). The molecule has 1 aliphatic carbocycles. The summed E-state index contributed by atoms with van der Waals surface area (Å²) >= 11 is 3.17. The molecule has 1 aliphatic rings. The number of benzene rings is 1. The highest BCUT2D eigenvalue weighted by Gasteiger charge is 2.21. The van der Waals surface area contributed by atoms with Gasteiger partial charge in [0.05, 0.1) is 6.33 Å². The topological polar surface area (TPSA) is 134 Å². The molecule has 5 aromatic rings. The fraction of sp³-hybridized carbons (Fsp3) is 0.345. The van der Waals surface area contributed by atoms with Gasteiger partial charge in [0.2, 0.25) is 5.95 Å². The van der Waals surface area contributed by atoms with Gasteiger partial charge in [-0.15, -0.1) is 0 Å². The summed E-state index contributed by atoms with van der Waals surface area (Å²) < 4.78 is 2.10. The molecule has 0 aliphatic heterocycles. The summed E-state index contributed by atoms with van der Waals surface area (Å²) in [6, 6.07) is 13.4. The number of hydrogen-bond acceptors (Lipinski definition) is 10. The van der Waals surface area contributed by atoms with Crippen LogP contribution in [-0.2, 0) is 6.54 Å². The second kappa shape index (κ2) is 13.6. The Morgan fingerprint density at radius 2 is 1.71 bits per heavy atom. The Morgan fingerprint density at radius 3 is 2.32 bits per heavy atom. The molecule has 1 saturated carbocycles. The summed E-state index contributed by atoms with van der Waals surface area (Å²) in [4.78, 5) is 14.3. The van der Waals surface area contributed by atoms with Crippen LogP contribution in [0, 0.1) is 0 Å². The van der Waals surface area contributed by atoms with Crippen LogP contribution in [0.2, 0.25) is 0 Å². The maximum absolute atomic E-state index is 8.47. The first-order chi connectivity index (χ1) is 19.9. The van der Waals surface area contributed by atoms with Crippen LogP contribution in [-0.4, -0.2) is 48.8 Å². The zero-order chi connectivity index (χ0) is 28.8. The van der Waals surface area contributed by atoms with E-state index in [4.69, 9.17) is 25.7 Å². The van der Waals surface area contributed by atoms with E-state index in [1.165, 1.54) is 28.0 Å². The number of nitrogens with one attached hydrogen (secondary N) is 2. The van der Waals surface area contributed by atoms with Gasteiger partial charge in [0.1, 0.15) is 0 Å². The van der Waals surface area contributed by atoms with E-state index >= 15 is 0 Å². The number of nitrogens with two attached hydrogens (primary N) is 1. The Balaban J connectivity index is 0.000000365. The van der Waals surface area contributed by atoms with Crippen molar-refractivity contribution in [2.24, 2.45) is 5.73 Å². The molecule has 0 atom stereocenters. The molecule has 0 saturated heterocycles. The molecule has 1 aromatic carbocycles. The van der Waals surface area contributed by atoms with Gasteiger partial charge < -0.3 is 31.0 Å². The number of imidazole rings is 1. The minimum absolute atomic E-state index is 0.267. The molecule has 0 radical (unpaired) electrons. The van der Waals surface area contributed by atoms with Crippen LogP contribution in [0.5, 0.6) is 0 Å². The van der Waals surface area contributed by atoms with E-state index in [1.807, 2.05) is 6.33 Å². The summed E-state index contributed by atoms with van der Waals surface area (Å²) in [7, 11) is -1.30. The highest BCUT2D eigenvalue weighted by molar-refractivity contribution is 7.09. The number of fused-ring (bicyclic) bond motifs is 1. The van der Waals surface area contributed by atoms with Gasteiger partial charge in [-0.25, -0.2) is 4.98 Å². The zero-order valence-electron chi connectivity index (χ0n) is 23.3. The smallest absolute Gasteiger partial charge is 0.423 e. The number of thiophene rings is 2. The van der Waals surface area contributed by atoms with E-state index in [0.29, 0.717) is 30.0 Å². The van der Waals surface area contributed by atoms with Crippen molar-refractivity contribution in [3.63, 3.8) is 0 Å². The Morgan fingerprint density at radius 1 is 0.976 bits per heavy atom. The van der Waals surface area contributed by atoms with E-state index in [1.54, 1.807) is 28.2 Å². The standard InChI is InChI=1S/C25H31N7S.C4H5BO2S/c1-16(2)32-15-28-22-23(27-13-17-3-5-18(6-4-17)19-11-12-33-14-19)30-25(31-24(22)32)29-21-9-7-20(26)8-10-21;6-5(7)4-1-2-8-3-4/h3-6,11-12,14-16,20-21H,7-10,13,26H2,1-2H3,(H2,27,29,30,31);1-3,6-7H. The Labute approximate surface area is 248 Å². The van der Waals surface area contributed by atoms with E-state index in [9.17, 15) is 0 Å². The molecular formula is C29H36BN7O2S2. The van der Waals surface area contributed by atoms with Crippen LogP contribution in [0.1, 0.15) is 51.1 Å². The van der Waals surface area contributed by atoms with Crippen molar-refractivity contribution in [3.8, 4) is 11.1 Å². The number of anilines is 2. The van der Waals surface area contributed by atoms with E-state index in [0.717, 1.165) is 42.7 Å². The van der Waals surface area contributed by atoms with Crippen molar-refractivity contribution in [3.05, 3.63) is 69.8 Å². The lowest BCUT2D eigenvalue weighted by atomic mass is 9.83. The molecule has 4 heterocycles. The fourth-order valence-corrected chi connectivity index (χ4v) is 6.12. The molecule has 4 aromatic heterocycles. The van der Waals surface area contributed by atoms with Crippen LogP contribution in [0.4, 0.5) is 11.8 Å². The van der Waals surface area contributed by atoms with Gasteiger partial charge in [0.25, 0.3) is 0 Å². The second-order valence-electron chi connectivity index (χ2n) is 10.6. The molecule has 0 spiro atoms. The first kappa shape index (κ1) is 29.2.